The number of hydrogen-bond donors (Lipinski definition) is 2. The highest BCUT2D eigenvalue weighted by Crippen LogP contribution is 2.31. The Hall–Kier alpha value is -2.81. The van der Waals surface area contributed by atoms with E-state index in [1.165, 1.54) is 18.2 Å². The second kappa shape index (κ2) is 11.4. The SMILES string of the molecule is CC(C)Oc1ccc(C(=Nc2cc(C(=O)Cl)ccc2OCC(=O)OC(C)(C)C)NO)cc1Cl. The number of aliphatic imine (C=N–C) groups is 1. The number of nitrogens with one attached hydrogen (secondary N) is 1. The average molecular weight is 497 g/mol. The Morgan fingerprint density at radius 3 is 2.27 bits per heavy atom. The lowest BCUT2D eigenvalue weighted by molar-refractivity contribution is -0.157. The standard InChI is InChI=1S/C23H26Cl2N2O6/c1-13(2)32-18-8-7-15(10-16(18)24)22(27-30)26-17-11-14(21(25)29)6-9-19(17)31-12-20(28)33-23(3,4)5/h6-11,13,30H,12H2,1-5H3,(H,26,27). The Bertz CT molecular complexity index is 1050. The molecule has 0 bridgehead atoms. The molecule has 10 heteroatoms. The summed E-state index contributed by atoms with van der Waals surface area (Å²) in [6, 6.07) is 9.08. The molecule has 0 saturated heterocycles. The van der Waals surface area contributed by atoms with Crippen LogP contribution in [0.15, 0.2) is 41.4 Å². The van der Waals surface area contributed by atoms with Crippen molar-refractivity contribution in [3.05, 3.63) is 52.5 Å². The van der Waals surface area contributed by atoms with E-state index in [4.69, 9.17) is 37.4 Å². The van der Waals surface area contributed by atoms with Crippen molar-refractivity contribution in [3.63, 3.8) is 0 Å². The fraction of sp³-hybridized carbons (Fsp3) is 0.348. The highest BCUT2D eigenvalue weighted by atomic mass is 35.5. The maximum Gasteiger partial charge on any atom is 0.344 e. The molecule has 0 aliphatic rings. The van der Waals surface area contributed by atoms with Crippen LogP contribution in [0, 0.1) is 0 Å². The minimum Gasteiger partial charge on any atom is -0.489 e. The number of carbonyl (C=O) groups is 2. The molecule has 178 valence electrons. The number of benzene rings is 2. The monoisotopic (exact) mass is 496 g/mol. The van der Waals surface area contributed by atoms with E-state index >= 15 is 0 Å². The molecule has 0 amide bonds. The molecule has 0 aliphatic carbocycles. The quantitative estimate of drug-likeness (QED) is 0.168. The molecule has 0 heterocycles. The van der Waals surface area contributed by atoms with Gasteiger partial charge in [0.05, 0.1) is 11.1 Å². The molecule has 2 N–H and O–H groups in total. The van der Waals surface area contributed by atoms with E-state index in [1.54, 1.807) is 39.0 Å². The fourth-order valence-corrected chi connectivity index (χ4v) is 2.97. The molecule has 2 aromatic rings. The van der Waals surface area contributed by atoms with Gasteiger partial charge in [-0.1, -0.05) is 11.6 Å². The molecule has 33 heavy (non-hydrogen) atoms. The van der Waals surface area contributed by atoms with Crippen LogP contribution in [-0.4, -0.2) is 40.6 Å². The van der Waals surface area contributed by atoms with Crippen molar-refractivity contribution in [2.75, 3.05) is 6.61 Å². The number of nitrogens with zero attached hydrogens (tertiary/aromatic N) is 1. The highest BCUT2D eigenvalue weighted by molar-refractivity contribution is 6.67. The summed E-state index contributed by atoms with van der Waals surface area (Å²) in [6.45, 7) is 8.57. The lowest BCUT2D eigenvalue weighted by Gasteiger charge is -2.19. The van der Waals surface area contributed by atoms with Crippen molar-refractivity contribution in [2.45, 2.75) is 46.3 Å². The summed E-state index contributed by atoms with van der Waals surface area (Å²) in [6.07, 6.45) is -0.0713. The Morgan fingerprint density at radius 1 is 1.09 bits per heavy atom. The second-order valence-corrected chi connectivity index (χ2v) is 8.97. The first-order chi connectivity index (χ1) is 15.4. The number of esters is 1. The van der Waals surface area contributed by atoms with Gasteiger partial charge in [-0.05, 0) is 82.6 Å². The number of hydrogen-bond acceptors (Lipinski definition) is 7. The molecule has 0 radical (unpaired) electrons. The molecule has 0 atom stereocenters. The number of ether oxygens (including phenoxy) is 3. The van der Waals surface area contributed by atoms with Gasteiger partial charge in [0.25, 0.3) is 5.24 Å². The third-order valence-electron chi connectivity index (χ3n) is 3.86. The van der Waals surface area contributed by atoms with E-state index in [9.17, 15) is 14.8 Å². The van der Waals surface area contributed by atoms with Gasteiger partial charge >= 0.3 is 5.97 Å². The van der Waals surface area contributed by atoms with Crippen LogP contribution in [0.1, 0.15) is 50.5 Å². The van der Waals surface area contributed by atoms with Crippen molar-refractivity contribution in [3.8, 4) is 11.5 Å². The van der Waals surface area contributed by atoms with E-state index in [0.717, 1.165) is 0 Å². The van der Waals surface area contributed by atoms with Gasteiger partial charge in [0.15, 0.2) is 12.4 Å². The zero-order valence-corrected chi connectivity index (χ0v) is 20.5. The van der Waals surface area contributed by atoms with Gasteiger partial charge in [-0.3, -0.25) is 15.5 Å². The molecule has 0 fully saturated rings. The zero-order valence-electron chi connectivity index (χ0n) is 18.9. The molecule has 0 spiro atoms. The van der Waals surface area contributed by atoms with Gasteiger partial charge in [-0.25, -0.2) is 9.79 Å². The van der Waals surface area contributed by atoms with Crippen LogP contribution in [0.3, 0.4) is 0 Å². The fourth-order valence-electron chi connectivity index (χ4n) is 2.63. The van der Waals surface area contributed by atoms with Gasteiger partial charge in [0.1, 0.15) is 22.8 Å². The highest BCUT2D eigenvalue weighted by Gasteiger charge is 2.18. The number of rotatable bonds is 8. The zero-order chi connectivity index (χ0) is 24.8. The lowest BCUT2D eigenvalue weighted by atomic mass is 10.1. The summed E-state index contributed by atoms with van der Waals surface area (Å²) in [5, 5.41) is 9.31. The number of halogens is 2. The molecule has 0 aliphatic heterocycles. The van der Waals surface area contributed by atoms with Crippen LogP contribution < -0.4 is 15.0 Å². The molecule has 0 aromatic heterocycles. The maximum atomic E-state index is 12.0. The first-order valence-electron chi connectivity index (χ1n) is 10.0. The van der Waals surface area contributed by atoms with Crippen molar-refractivity contribution in [1.29, 1.82) is 0 Å². The molecule has 8 nitrogen and oxygen atoms in total. The molecular formula is C23H26Cl2N2O6. The Morgan fingerprint density at radius 2 is 1.73 bits per heavy atom. The van der Waals surface area contributed by atoms with Crippen molar-refractivity contribution in [2.24, 2.45) is 4.99 Å². The number of carbonyl (C=O) groups excluding carboxylic acids is 2. The van der Waals surface area contributed by atoms with Crippen LogP contribution in [0.25, 0.3) is 0 Å². The summed E-state index contributed by atoms with van der Waals surface area (Å²) in [7, 11) is 0. The predicted molar refractivity (Wildman–Crippen MR) is 126 cm³/mol. The summed E-state index contributed by atoms with van der Waals surface area (Å²) >= 11 is 11.9. The first-order valence-corrected chi connectivity index (χ1v) is 10.8. The molecule has 2 rings (SSSR count). The van der Waals surface area contributed by atoms with E-state index in [0.29, 0.717) is 16.3 Å². The third-order valence-corrected chi connectivity index (χ3v) is 4.37. The first kappa shape index (κ1) is 26.4. The average Bonchev–Trinajstić information content (AvgIpc) is 2.70. The van der Waals surface area contributed by atoms with Crippen LogP contribution >= 0.6 is 23.2 Å². The van der Waals surface area contributed by atoms with Crippen molar-refractivity contribution >= 4 is 45.9 Å². The topological polar surface area (TPSA) is 106 Å². The lowest BCUT2D eigenvalue weighted by Crippen LogP contribution is -2.27. The Balaban J connectivity index is 2.40. The second-order valence-electron chi connectivity index (χ2n) is 8.22. The Kier molecular flexibility index (Phi) is 9.10. The molecular weight excluding hydrogens is 471 g/mol. The molecule has 2 aromatic carbocycles. The van der Waals surface area contributed by atoms with E-state index < -0.39 is 16.8 Å². The normalized spacial score (nSPS) is 11.8. The maximum absolute atomic E-state index is 12.0. The Labute approximate surface area is 202 Å². The van der Waals surface area contributed by atoms with Crippen molar-refractivity contribution < 1.29 is 29.0 Å². The van der Waals surface area contributed by atoms with Crippen LogP contribution in [-0.2, 0) is 9.53 Å². The minimum absolute atomic E-state index is 0.00860. The number of hydroxylamine groups is 1. The largest absolute Gasteiger partial charge is 0.489 e. The summed E-state index contributed by atoms with van der Waals surface area (Å²) < 4.78 is 16.4. The molecule has 0 saturated carbocycles. The summed E-state index contributed by atoms with van der Waals surface area (Å²) in [5.41, 5.74) is 2.06. The number of amidine groups is 1. The van der Waals surface area contributed by atoms with E-state index in [2.05, 4.69) is 4.99 Å². The van der Waals surface area contributed by atoms with Crippen LogP contribution in [0.5, 0.6) is 11.5 Å². The van der Waals surface area contributed by atoms with Crippen molar-refractivity contribution in [1.82, 2.24) is 5.48 Å². The minimum atomic E-state index is -0.707. The van der Waals surface area contributed by atoms with E-state index in [-0.39, 0.29) is 35.5 Å². The third kappa shape index (κ3) is 8.24. The van der Waals surface area contributed by atoms with Gasteiger partial charge < -0.3 is 14.2 Å². The van der Waals surface area contributed by atoms with E-state index in [1.807, 2.05) is 19.3 Å². The van der Waals surface area contributed by atoms with Crippen LogP contribution in [0.2, 0.25) is 5.02 Å². The summed E-state index contributed by atoms with van der Waals surface area (Å²) in [5.74, 6) is 0.0715. The molecule has 0 unspecified atom stereocenters. The van der Waals surface area contributed by atoms with Gasteiger partial charge in [-0.2, -0.15) is 0 Å². The van der Waals surface area contributed by atoms with Gasteiger partial charge in [0.2, 0.25) is 0 Å². The predicted octanol–water partition coefficient (Wildman–Crippen LogP) is 5.28. The smallest absolute Gasteiger partial charge is 0.344 e. The van der Waals surface area contributed by atoms with Crippen LogP contribution in [0.4, 0.5) is 5.69 Å². The van der Waals surface area contributed by atoms with Gasteiger partial charge in [0, 0.05) is 11.1 Å². The summed E-state index contributed by atoms with van der Waals surface area (Å²) in [4.78, 5) is 28.0. The van der Waals surface area contributed by atoms with Gasteiger partial charge in [-0.15, -0.1) is 0 Å².